The summed E-state index contributed by atoms with van der Waals surface area (Å²) in [4.78, 5) is 21.7. The third-order valence-corrected chi connectivity index (χ3v) is 5.64. The Morgan fingerprint density at radius 1 is 1.06 bits per heavy atom. The zero-order valence-corrected chi connectivity index (χ0v) is 18.4. The van der Waals surface area contributed by atoms with E-state index in [4.69, 9.17) is 21.3 Å². The van der Waals surface area contributed by atoms with Gasteiger partial charge in [0.1, 0.15) is 0 Å². The molecule has 0 unspecified atom stereocenters. The van der Waals surface area contributed by atoms with Crippen LogP contribution in [0.15, 0.2) is 42.6 Å². The summed E-state index contributed by atoms with van der Waals surface area (Å²) in [5.74, 6) is 0.423. The molecule has 0 radical (unpaired) electrons. The second kappa shape index (κ2) is 9.45. The number of carbonyl (C=O) groups excluding carboxylic acids is 1. The van der Waals surface area contributed by atoms with Gasteiger partial charge in [-0.1, -0.05) is 17.7 Å². The van der Waals surface area contributed by atoms with Gasteiger partial charge in [-0.3, -0.25) is 4.79 Å². The van der Waals surface area contributed by atoms with Crippen molar-refractivity contribution < 1.29 is 9.53 Å². The molecule has 5 rings (SSSR count). The highest BCUT2D eigenvalue weighted by Crippen LogP contribution is 2.28. The number of halogens is 1. The summed E-state index contributed by atoms with van der Waals surface area (Å²) in [6, 6.07) is 11.4. The van der Waals surface area contributed by atoms with Crippen molar-refractivity contribution in [1.82, 2.24) is 15.3 Å². The first-order valence-electron chi connectivity index (χ1n) is 10.4. The number of hydrogen-bond donors (Lipinski definition) is 2. The lowest BCUT2D eigenvalue weighted by Crippen LogP contribution is -2.24. The number of ether oxygens (including phenoxy) is 1. The number of hydrogen-bond acceptors (Lipinski definition) is 5. The number of aryl methyl sites for hydroxylation is 2. The summed E-state index contributed by atoms with van der Waals surface area (Å²) in [5, 5.41) is 6.91. The summed E-state index contributed by atoms with van der Waals surface area (Å²) < 4.78 is 5.78. The van der Waals surface area contributed by atoms with Crippen LogP contribution in [0.5, 0.6) is 0 Å². The van der Waals surface area contributed by atoms with E-state index >= 15 is 0 Å². The monoisotopic (exact) mass is 436 g/mol. The lowest BCUT2D eigenvalue weighted by molar-refractivity contribution is 0.0946. The molecule has 3 aromatic rings. The topological polar surface area (TPSA) is 76.1 Å². The molecule has 0 fully saturated rings. The molecule has 2 aliphatic rings. The van der Waals surface area contributed by atoms with Crippen LogP contribution in [0.2, 0.25) is 5.02 Å². The normalized spacial score (nSPS) is 14.7. The van der Waals surface area contributed by atoms with Crippen LogP contribution in [0, 0.1) is 13.8 Å². The number of fused-ring (bicyclic) bond motifs is 9. The van der Waals surface area contributed by atoms with Gasteiger partial charge in [-0.15, -0.1) is 0 Å². The Bertz CT molecular complexity index is 1120. The summed E-state index contributed by atoms with van der Waals surface area (Å²) in [6.07, 6.45) is 3.50. The first kappa shape index (κ1) is 21.3. The molecule has 2 aliphatic heterocycles. The van der Waals surface area contributed by atoms with Crippen molar-refractivity contribution in [1.29, 1.82) is 0 Å². The molecule has 2 N–H and O–H groups in total. The van der Waals surface area contributed by atoms with E-state index in [0.717, 1.165) is 46.5 Å². The minimum atomic E-state index is -0.0712. The molecule has 7 heteroatoms. The van der Waals surface area contributed by atoms with Gasteiger partial charge in [0.05, 0.1) is 12.3 Å². The molecule has 0 aliphatic carbocycles. The Morgan fingerprint density at radius 2 is 1.94 bits per heavy atom. The van der Waals surface area contributed by atoms with E-state index < -0.39 is 0 Å². The molecule has 0 saturated heterocycles. The van der Waals surface area contributed by atoms with Gasteiger partial charge in [-0.2, -0.15) is 0 Å². The van der Waals surface area contributed by atoms with Crippen LogP contribution < -0.4 is 10.6 Å². The van der Waals surface area contributed by atoms with E-state index in [9.17, 15) is 4.79 Å². The summed E-state index contributed by atoms with van der Waals surface area (Å²) in [5.41, 5.74) is 6.14. The van der Waals surface area contributed by atoms with Crippen molar-refractivity contribution in [3.05, 3.63) is 69.9 Å². The number of nitrogens with one attached hydrogen (secondary N) is 2. The van der Waals surface area contributed by atoms with E-state index in [1.165, 1.54) is 0 Å². The number of anilines is 2. The van der Waals surface area contributed by atoms with Crippen LogP contribution in [0.3, 0.4) is 0 Å². The van der Waals surface area contributed by atoms with Crippen molar-refractivity contribution in [2.45, 2.75) is 33.3 Å². The lowest BCUT2D eigenvalue weighted by atomic mass is 10.00. The smallest absolute Gasteiger partial charge is 0.251 e. The minimum absolute atomic E-state index is 0.0712. The molecule has 6 bridgehead atoms. The molecule has 6 nitrogen and oxygen atoms in total. The van der Waals surface area contributed by atoms with E-state index in [0.29, 0.717) is 36.3 Å². The highest BCUT2D eigenvalue weighted by Gasteiger charge is 2.13. The molecule has 0 atom stereocenters. The van der Waals surface area contributed by atoms with Crippen molar-refractivity contribution in [3.63, 3.8) is 0 Å². The Labute approximate surface area is 187 Å². The fraction of sp³-hybridized carbons (Fsp3) is 0.292. The molecular weight excluding hydrogens is 412 g/mol. The number of benzene rings is 2. The average molecular weight is 437 g/mol. The van der Waals surface area contributed by atoms with Gasteiger partial charge >= 0.3 is 0 Å². The minimum Gasteiger partial charge on any atom is -0.377 e. The van der Waals surface area contributed by atoms with Crippen LogP contribution >= 0.6 is 11.6 Å². The van der Waals surface area contributed by atoms with Crippen molar-refractivity contribution >= 4 is 29.1 Å². The SMILES string of the molecule is Cc1cc2ccc1-c1nc(ncc1C)Nc1ccc(Cl)c(c1)COCCCCNC2=O. The molecule has 0 spiro atoms. The maximum Gasteiger partial charge on any atom is 0.251 e. The molecule has 2 aromatic carbocycles. The second-order valence-electron chi connectivity index (χ2n) is 7.70. The standard InChI is InChI=1S/C24H25ClN4O2/c1-15-11-17-5-7-20(15)22-16(2)13-27-24(29-22)28-19-6-8-21(25)18(12-19)14-31-10-4-3-9-26-23(17)30/h5-8,11-13H,3-4,9-10,14H2,1-2H3,(H,26,30)(H,27,28,29). The Kier molecular flexibility index (Phi) is 6.49. The molecule has 1 amide bonds. The van der Waals surface area contributed by atoms with Crippen LogP contribution in [-0.4, -0.2) is 29.0 Å². The lowest BCUT2D eigenvalue weighted by Gasteiger charge is -2.13. The predicted molar refractivity (Wildman–Crippen MR) is 123 cm³/mol. The van der Waals surface area contributed by atoms with E-state index in [1.807, 2.05) is 50.2 Å². The molecule has 31 heavy (non-hydrogen) atoms. The summed E-state index contributed by atoms with van der Waals surface area (Å²) >= 11 is 6.34. The van der Waals surface area contributed by atoms with Crippen molar-refractivity contribution in [2.75, 3.05) is 18.5 Å². The van der Waals surface area contributed by atoms with Gasteiger partial charge in [0.15, 0.2) is 0 Å². The maximum atomic E-state index is 12.5. The quantitative estimate of drug-likeness (QED) is 0.506. The van der Waals surface area contributed by atoms with Crippen LogP contribution in [0.4, 0.5) is 11.6 Å². The Morgan fingerprint density at radius 3 is 2.77 bits per heavy atom. The summed E-state index contributed by atoms with van der Waals surface area (Å²) in [6.45, 7) is 5.60. The maximum absolute atomic E-state index is 12.5. The third-order valence-electron chi connectivity index (χ3n) is 5.28. The molecule has 0 saturated carbocycles. The van der Waals surface area contributed by atoms with Gasteiger partial charge in [-0.25, -0.2) is 9.97 Å². The van der Waals surface area contributed by atoms with Gasteiger partial charge < -0.3 is 15.4 Å². The van der Waals surface area contributed by atoms with Gasteiger partial charge in [-0.05, 0) is 73.7 Å². The number of amides is 1. The molecular formula is C24H25ClN4O2. The van der Waals surface area contributed by atoms with Crippen molar-refractivity contribution in [2.24, 2.45) is 0 Å². The number of carbonyl (C=O) groups is 1. The van der Waals surface area contributed by atoms with E-state index in [2.05, 4.69) is 15.6 Å². The van der Waals surface area contributed by atoms with Gasteiger partial charge in [0, 0.05) is 41.2 Å². The highest BCUT2D eigenvalue weighted by atomic mass is 35.5. The first-order chi connectivity index (χ1) is 15.0. The zero-order chi connectivity index (χ0) is 21.8. The Balaban J connectivity index is 1.73. The Hall–Kier alpha value is -2.96. The molecule has 3 heterocycles. The molecule has 1 aromatic heterocycles. The number of aromatic nitrogens is 2. The van der Waals surface area contributed by atoms with E-state index in [-0.39, 0.29) is 5.91 Å². The van der Waals surface area contributed by atoms with Crippen molar-refractivity contribution in [3.8, 4) is 11.3 Å². The van der Waals surface area contributed by atoms with Crippen LogP contribution in [0.1, 0.15) is 39.9 Å². The highest BCUT2D eigenvalue weighted by molar-refractivity contribution is 6.31. The predicted octanol–water partition coefficient (Wildman–Crippen LogP) is 5.20. The van der Waals surface area contributed by atoms with Crippen LogP contribution in [0.25, 0.3) is 11.3 Å². The number of nitrogens with zero attached hydrogens (tertiary/aromatic N) is 2. The summed E-state index contributed by atoms with van der Waals surface area (Å²) in [7, 11) is 0. The second-order valence-corrected chi connectivity index (χ2v) is 8.11. The zero-order valence-electron chi connectivity index (χ0n) is 17.7. The molecule has 160 valence electrons. The fourth-order valence-corrected chi connectivity index (χ4v) is 3.73. The van der Waals surface area contributed by atoms with Gasteiger partial charge in [0.25, 0.3) is 5.91 Å². The first-order valence-corrected chi connectivity index (χ1v) is 10.7. The fourth-order valence-electron chi connectivity index (χ4n) is 3.55. The third kappa shape index (κ3) is 5.03. The van der Waals surface area contributed by atoms with Crippen LogP contribution in [-0.2, 0) is 11.3 Å². The van der Waals surface area contributed by atoms with Gasteiger partial charge in [0.2, 0.25) is 5.95 Å². The number of rotatable bonds is 0. The average Bonchev–Trinajstić information content (AvgIpc) is 2.76. The largest absolute Gasteiger partial charge is 0.377 e. The van der Waals surface area contributed by atoms with E-state index in [1.54, 1.807) is 6.20 Å².